The summed E-state index contributed by atoms with van der Waals surface area (Å²) in [4.78, 5) is 13.6. The lowest BCUT2D eigenvalue weighted by atomic mass is 10.1. The molecule has 1 amide bonds. The summed E-state index contributed by atoms with van der Waals surface area (Å²) in [6.45, 7) is 0.382. The van der Waals surface area contributed by atoms with E-state index in [1.165, 1.54) is 4.90 Å². The summed E-state index contributed by atoms with van der Waals surface area (Å²) < 4.78 is 6.91. The number of likely N-dealkylation sites (N-methyl/N-ethyl adjacent to an activating group) is 1. The molecule has 28 heavy (non-hydrogen) atoms. The molecule has 5 heteroatoms. The maximum absolute atomic E-state index is 12.2. The molecule has 0 saturated carbocycles. The molecular weight excluding hydrogens is 416 g/mol. The van der Waals surface area contributed by atoms with Crippen molar-refractivity contribution in [2.24, 2.45) is 0 Å². The zero-order valence-electron chi connectivity index (χ0n) is 15.6. The van der Waals surface area contributed by atoms with Gasteiger partial charge in [-0.15, -0.1) is 0 Å². The molecule has 0 atom stereocenters. The van der Waals surface area contributed by atoms with Gasteiger partial charge in [-0.1, -0.05) is 58.4 Å². The molecule has 0 spiro atoms. The van der Waals surface area contributed by atoms with E-state index in [9.17, 15) is 10.1 Å². The van der Waals surface area contributed by atoms with E-state index in [2.05, 4.69) is 34.1 Å². The van der Waals surface area contributed by atoms with E-state index < -0.39 is 0 Å². The minimum atomic E-state index is -0.345. The van der Waals surface area contributed by atoms with Crippen molar-refractivity contribution in [1.82, 2.24) is 4.90 Å². The number of nitrogens with zero attached hydrogens (tertiary/aromatic N) is 2. The van der Waals surface area contributed by atoms with Crippen molar-refractivity contribution in [1.29, 1.82) is 5.26 Å². The monoisotopic (exact) mass is 434 g/mol. The van der Waals surface area contributed by atoms with Crippen molar-refractivity contribution in [3.05, 3.63) is 81.8 Å². The Kier molecular flexibility index (Phi) is 6.13. The van der Waals surface area contributed by atoms with E-state index in [0.29, 0.717) is 17.9 Å². The largest absolute Gasteiger partial charge is 0.488 e. The minimum Gasteiger partial charge on any atom is -0.488 e. The molecular formula is C23H19BrN2O2. The Hall–Kier alpha value is -3.10. The highest BCUT2D eigenvalue weighted by Crippen LogP contribution is 2.28. The molecule has 0 saturated heterocycles. The first-order valence-corrected chi connectivity index (χ1v) is 9.51. The Morgan fingerprint density at radius 3 is 2.64 bits per heavy atom. The Morgan fingerprint density at radius 1 is 1.14 bits per heavy atom. The molecule has 0 aliphatic rings. The van der Waals surface area contributed by atoms with Gasteiger partial charge < -0.3 is 9.64 Å². The number of fused-ring (bicyclic) bond motifs is 1. The predicted molar refractivity (Wildman–Crippen MR) is 115 cm³/mol. The summed E-state index contributed by atoms with van der Waals surface area (Å²) in [5, 5.41) is 11.7. The van der Waals surface area contributed by atoms with Gasteiger partial charge in [-0.3, -0.25) is 4.79 Å². The van der Waals surface area contributed by atoms with Crippen LogP contribution in [0.4, 0.5) is 0 Å². The van der Waals surface area contributed by atoms with Gasteiger partial charge >= 0.3 is 0 Å². The standard InChI is InChI=1S/C23H19BrN2O2/c1-26(2)23(27)19(14-25)12-18-13-20(24)10-11-22(18)28-15-17-8-5-7-16-6-3-4-9-21(16)17/h3-13H,15H2,1-2H3/b19-12+. The number of benzene rings is 3. The molecule has 0 radical (unpaired) electrons. The molecule has 0 bridgehead atoms. The third kappa shape index (κ3) is 4.41. The van der Waals surface area contributed by atoms with Gasteiger partial charge in [0.05, 0.1) is 0 Å². The highest BCUT2D eigenvalue weighted by atomic mass is 79.9. The number of halogens is 1. The highest BCUT2D eigenvalue weighted by Gasteiger charge is 2.13. The second-order valence-corrected chi connectivity index (χ2v) is 7.39. The molecule has 0 aliphatic heterocycles. The van der Waals surface area contributed by atoms with Gasteiger partial charge in [-0.05, 0) is 40.6 Å². The van der Waals surface area contributed by atoms with Crippen LogP contribution in [0.25, 0.3) is 16.8 Å². The van der Waals surface area contributed by atoms with Crippen LogP contribution in [0.1, 0.15) is 11.1 Å². The first-order valence-electron chi connectivity index (χ1n) is 8.72. The van der Waals surface area contributed by atoms with Crippen LogP contribution < -0.4 is 4.74 Å². The molecule has 0 fully saturated rings. The van der Waals surface area contributed by atoms with Crippen molar-refractivity contribution < 1.29 is 9.53 Å². The number of hydrogen-bond acceptors (Lipinski definition) is 3. The zero-order valence-corrected chi connectivity index (χ0v) is 17.2. The van der Waals surface area contributed by atoms with Crippen molar-refractivity contribution in [2.75, 3.05) is 14.1 Å². The zero-order chi connectivity index (χ0) is 20.1. The average molecular weight is 435 g/mol. The number of carbonyl (C=O) groups is 1. The average Bonchev–Trinajstić information content (AvgIpc) is 2.70. The summed E-state index contributed by atoms with van der Waals surface area (Å²) in [6.07, 6.45) is 1.56. The second-order valence-electron chi connectivity index (χ2n) is 6.48. The number of nitriles is 1. The van der Waals surface area contributed by atoms with E-state index in [1.807, 2.05) is 48.5 Å². The number of ether oxygens (including phenoxy) is 1. The smallest absolute Gasteiger partial charge is 0.264 e. The van der Waals surface area contributed by atoms with Gasteiger partial charge in [0.1, 0.15) is 24.0 Å². The van der Waals surface area contributed by atoms with E-state index in [0.717, 1.165) is 20.8 Å². The lowest BCUT2D eigenvalue weighted by molar-refractivity contribution is -0.124. The number of carbonyl (C=O) groups excluding carboxylic acids is 1. The van der Waals surface area contributed by atoms with Gasteiger partial charge in [0.15, 0.2) is 0 Å². The number of rotatable bonds is 5. The summed E-state index contributed by atoms with van der Waals surface area (Å²) >= 11 is 3.44. The summed E-state index contributed by atoms with van der Waals surface area (Å²) in [5.74, 6) is 0.262. The number of amides is 1. The van der Waals surface area contributed by atoms with Gasteiger partial charge in [0.2, 0.25) is 0 Å². The normalized spacial score (nSPS) is 11.1. The SMILES string of the molecule is CN(C)C(=O)/C(C#N)=C/c1cc(Br)ccc1OCc1cccc2ccccc12. The fraction of sp³-hybridized carbons (Fsp3) is 0.130. The lowest BCUT2D eigenvalue weighted by Gasteiger charge is -2.13. The highest BCUT2D eigenvalue weighted by molar-refractivity contribution is 9.10. The van der Waals surface area contributed by atoms with Crippen molar-refractivity contribution in [3.8, 4) is 11.8 Å². The molecule has 0 aliphatic carbocycles. The molecule has 0 N–H and O–H groups in total. The third-order valence-corrected chi connectivity index (χ3v) is 4.79. The maximum atomic E-state index is 12.2. The molecule has 0 unspecified atom stereocenters. The Bertz CT molecular complexity index is 1090. The quantitative estimate of drug-likeness (QED) is 0.410. The van der Waals surface area contributed by atoms with E-state index in [1.54, 1.807) is 20.2 Å². The van der Waals surface area contributed by atoms with Gasteiger partial charge in [-0.2, -0.15) is 5.26 Å². The molecule has 3 aromatic carbocycles. The van der Waals surface area contributed by atoms with Crippen LogP contribution in [0.2, 0.25) is 0 Å². The molecule has 3 aromatic rings. The maximum Gasteiger partial charge on any atom is 0.264 e. The molecule has 0 aromatic heterocycles. The van der Waals surface area contributed by atoms with Crippen LogP contribution in [0.3, 0.4) is 0 Å². The van der Waals surface area contributed by atoms with Crippen LogP contribution in [0.5, 0.6) is 5.75 Å². The molecule has 4 nitrogen and oxygen atoms in total. The lowest BCUT2D eigenvalue weighted by Crippen LogP contribution is -2.22. The summed E-state index contributed by atoms with van der Waals surface area (Å²) in [6, 6.07) is 21.8. The van der Waals surface area contributed by atoms with Gasteiger partial charge in [-0.25, -0.2) is 0 Å². The van der Waals surface area contributed by atoms with E-state index >= 15 is 0 Å². The van der Waals surface area contributed by atoms with Gasteiger partial charge in [0.25, 0.3) is 5.91 Å². The van der Waals surface area contributed by atoms with Crippen LogP contribution in [0, 0.1) is 11.3 Å². The Balaban J connectivity index is 1.93. The van der Waals surface area contributed by atoms with Crippen molar-refractivity contribution >= 4 is 38.7 Å². The number of hydrogen-bond donors (Lipinski definition) is 0. The fourth-order valence-electron chi connectivity index (χ4n) is 2.88. The van der Waals surface area contributed by atoms with Crippen LogP contribution in [-0.4, -0.2) is 24.9 Å². The van der Waals surface area contributed by atoms with Gasteiger partial charge in [0, 0.05) is 24.1 Å². The topological polar surface area (TPSA) is 53.3 Å². The Labute approximate surface area is 172 Å². The van der Waals surface area contributed by atoms with E-state index in [-0.39, 0.29) is 11.5 Å². The summed E-state index contributed by atoms with van der Waals surface area (Å²) in [5.41, 5.74) is 1.79. The predicted octanol–water partition coefficient (Wildman–Crippen LogP) is 5.18. The third-order valence-electron chi connectivity index (χ3n) is 4.29. The molecule has 140 valence electrons. The van der Waals surface area contributed by atoms with Crippen LogP contribution in [-0.2, 0) is 11.4 Å². The molecule has 3 rings (SSSR count). The Morgan fingerprint density at radius 2 is 1.89 bits per heavy atom. The first kappa shape index (κ1) is 19.7. The summed E-state index contributed by atoms with van der Waals surface area (Å²) in [7, 11) is 3.23. The minimum absolute atomic E-state index is 0.0538. The fourth-order valence-corrected chi connectivity index (χ4v) is 3.25. The first-order chi connectivity index (χ1) is 13.5. The molecule has 0 heterocycles. The van der Waals surface area contributed by atoms with Crippen molar-refractivity contribution in [2.45, 2.75) is 6.61 Å². The van der Waals surface area contributed by atoms with Crippen LogP contribution >= 0.6 is 15.9 Å². The second kappa shape index (κ2) is 8.73. The van der Waals surface area contributed by atoms with E-state index in [4.69, 9.17) is 4.74 Å². The van der Waals surface area contributed by atoms with Crippen molar-refractivity contribution in [3.63, 3.8) is 0 Å². The van der Waals surface area contributed by atoms with Crippen LogP contribution in [0.15, 0.2) is 70.7 Å².